The van der Waals surface area contributed by atoms with Crippen molar-refractivity contribution in [1.82, 2.24) is 10.6 Å². The van der Waals surface area contributed by atoms with Crippen LogP contribution in [0.4, 0.5) is 0 Å². The van der Waals surface area contributed by atoms with Crippen LogP contribution >= 0.6 is 12.4 Å². The summed E-state index contributed by atoms with van der Waals surface area (Å²) in [6.45, 7) is 4.29. The van der Waals surface area contributed by atoms with Gasteiger partial charge in [-0.25, -0.2) is 0 Å². The summed E-state index contributed by atoms with van der Waals surface area (Å²) in [6.07, 6.45) is 3.34. The Balaban J connectivity index is 0.00000147. The van der Waals surface area contributed by atoms with Crippen molar-refractivity contribution < 1.29 is 4.79 Å². The number of nitrogens with one attached hydrogen (secondary N) is 2. The van der Waals surface area contributed by atoms with Crippen molar-refractivity contribution in [2.24, 2.45) is 5.92 Å². The van der Waals surface area contributed by atoms with Gasteiger partial charge >= 0.3 is 0 Å². The summed E-state index contributed by atoms with van der Waals surface area (Å²) in [4.78, 5) is 12.3. The van der Waals surface area contributed by atoms with Crippen LogP contribution in [0.25, 0.3) is 0 Å². The Hall–Kier alpha value is -1.06. The summed E-state index contributed by atoms with van der Waals surface area (Å²) in [5, 5.41) is 6.62. The molecular weight excluding hydrogens is 272 g/mol. The maximum atomic E-state index is 12.3. The molecular formula is C16H23ClN2O. The summed E-state index contributed by atoms with van der Waals surface area (Å²) in [5.74, 6) is 0.861. The predicted molar refractivity (Wildman–Crippen MR) is 83.3 cm³/mol. The average Bonchev–Trinajstić information content (AvgIpc) is 2.41. The van der Waals surface area contributed by atoms with Gasteiger partial charge in [-0.2, -0.15) is 0 Å². The molecule has 1 amide bonds. The number of piperidine rings is 1. The van der Waals surface area contributed by atoms with E-state index in [1.54, 1.807) is 0 Å². The van der Waals surface area contributed by atoms with Gasteiger partial charge in [-0.1, -0.05) is 24.3 Å². The molecule has 2 aliphatic rings. The van der Waals surface area contributed by atoms with Gasteiger partial charge in [0.2, 0.25) is 5.91 Å². The molecule has 110 valence electrons. The molecule has 0 radical (unpaired) electrons. The first-order valence-electron chi connectivity index (χ1n) is 7.34. The fraction of sp³-hybridized carbons (Fsp3) is 0.562. The van der Waals surface area contributed by atoms with E-state index >= 15 is 0 Å². The quantitative estimate of drug-likeness (QED) is 0.898. The first-order chi connectivity index (χ1) is 9.25. The standard InChI is InChI=1S/C16H22N2O.ClH/c1-11(13-6-4-8-17-10-13)18-16(19)15-9-12-5-2-3-7-14(12)15;/h2-3,5,7,11,13,15,17H,4,6,8-10H2,1H3,(H,18,19);1H. The van der Waals surface area contributed by atoms with Crippen LogP contribution in [0.15, 0.2) is 24.3 Å². The van der Waals surface area contributed by atoms with Gasteiger partial charge in [-0.3, -0.25) is 4.79 Å². The monoisotopic (exact) mass is 294 g/mol. The first kappa shape index (κ1) is 15.3. The highest BCUT2D eigenvalue weighted by molar-refractivity contribution is 5.87. The van der Waals surface area contributed by atoms with E-state index in [4.69, 9.17) is 0 Å². The molecule has 1 heterocycles. The Labute approximate surface area is 126 Å². The van der Waals surface area contributed by atoms with Crippen LogP contribution in [0.1, 0.15) is 36.8 Å². The molecule has 1 aromatic rings. The minimum absolute atomic E-state index is 0. The highest BCUT2D eigenvalue weighted by atomic mass is 35.5. The molecule has 0 bridgehead atoms. The van der Waals surface area contributed by atoms with E-state index in [1.165, 1.54) is 24.0 Å². The second-order valence-corrected chi connectivity index (χ2v) is 5.86. The molecule has 4 heteroatoms. The van der Waals surface area contributed by atoms with Crippen LogP contribution in [-0.2, 0) is 11.2 Å². The number of fused-ring (bicyclic) bond motifs is 1. The van der Waals surface area contributed by atoms with Gasteiger partial charge in [0.15, 0.2) is 0 Å². The van der Waals surface area contributed by atoms with E-state index in [2.05, 4.69) is 29.7 Å². The molecule has 0 spiro atoms. The maximum absolute atomic E-state index is 12.3. The van der Waals surface area contributed by atoms with Gasteiger partial charge in [0.1, 0.15) is 0 Å². The molecule has 2 N–H and O–H groups in total. The van der Waals surface area contributed by atoms with Crippen molar-refractivity contribution in [3.8, 4) is 0 Å². The normalized spacial score (nSPS) is 25.6. The predicted octanol–water partition coefficient (Wildman–Crippen LogP) is 2.25. The molecule has 20 heavy (non-hydrogen) atoms. The highest BCUT2D eigenvalue weighted by Gasteiger charge is 2.33. The summed E-state index contributed by atoms with van der Waals surface area (Å²) in [7, 11) is 0. The number of hydrogen-bond acceptors (Lipinski definition) is 2. The third-order valence-corrected chi connectivity index (χ3v) is 4.58. The van der Waals surface area contributed by atoms with Gasteiger partial charge in [0.25, 0.3) is 0 Å². The van der Waals surface area contributed by atoms with Crippen molar-refractivity contribution in [3.63, 3.8) is 0 Å². The zero-order chi connectivity index (χ0) is 13.2. The Morgan fingerprint density at radius 1 is 1.40 bits per heavy atom. The van der Waals surface area contributed by atoms with E-state index in [1.807, 2.05) is 12.1 Å². The fourth-order valence-electron chi connectivity index (χ4n) is 3.24. The number of carbonyl (C=O) groups excluding carboxylic acids is 1. The Morgan fingerprint density at radius 2 is 2.20 bits per heavy atom. The lowest BCUT2D eigenvalue weighted by Crippen LogP contribution is -2.47. The lowest BCUT2D eigenvalue weighted by atomic mass is 9.77. The third kappa shape index (κ3) is 2.99. The van der Waals surface area contributed by atoms with Crippen LogP contribution in [0, 0.1) is 5.92 Å². The largest absolute Gasteiger partial charge is 0.353 e. The number of amides is 1. The smallest absolute Gasteiger partial charge is 0.228 e. The highest BCUT2D eigenvalue weighted by Crippen LogP contribution is 2.35. The molecule has 3 rings (SSSR count). The topological polar surface area (TPSA) is 41.1 Å². The third-order valence-electron chi connectivity index (χ3n) is 4.58. The molecule has 3 atom stereocenters. The van der Waals surface area contributed by atoms with Gasteiger partial charge in [-0.15, -0.1) is 12.4 Å². The van der Waals surface area contributed by atoms with Crippen molar-refractivity contribution in [2.75, 3.05) is 13.1 Å². The van der Waals surface area contributed by atoms with E-state index in [-0.39, 0.29) is 30.3 Å². The van der Waals surface area contributed by atoms with Gasteiger partial charge < -0.3 is 10.6 Å². The van der Waals surface area contributed by atoms with Crippen molar-refractivity contribution in [3.05, 3.63) is 35.4 Å². The Kier molecular flexibility index (Phi) is 5.06. The molecule has 1 saturated heterocycles. The molecule has 3 unspecified atom stereocenters. The zero-order valence-corrected chi connectivity index (χ0v) is 12.7. The van der Waals surface area contributed by atoms with E-state index in [0.717, 1.165) is 19.5 Å². The minimum Gasteiger partial charge on any atom is -0.353 e. The number of halogens is 1. The average molecular weight is 295 g/mol. The Morgan fingerprint density at radius 3 is 2.90 bits per heavy atom. The first-order valence-corrected chi connectivity index (χ1v) is 7.34. The van der Waals surface area contributed by atoms with Crippen LogP contribution in [0.2, 0.25) is 0 Å². The second-order valence-electron chi connectivity index (χ2n) is 5.86. The molecule has 0 saturated carbocycles. The van der Waals surface area contributed by atoms with Crippen LogP contribution < -0.4 is 10.6 Å². The summed E-state index contributed by atoms with van der Waals surface area (Å²) >= 11 is 0. The van der Waals surface area contributed by atoms with Crippen LogP contribution in [0.5, 0.6) is 0 Å². The van der Waals surface area contributed by atoms with Gasteiger partial charge in [0.05, 0.1) is 5.92 Å². The van der Waals surface area contributed by atoms with E-state index < -0.39 is 0 Å². The molecule has 1 fully saturated rings. The lowest BCUT2D eigenvalue weighted by Gasteiger charge is -2.33. The second kappa shape index (κ2) is 6.59. The number of benzene rings is 1. The van der Waals surface area contributed by atoms with Gasteiger partial charge in [0, 0.05) is 6.04 Å². The summed E-state index contributed by atoms with van der Waals surface area (Å²) in [6, 6.07) is 8.53. The van der Waals surface area contributed by atoms with Crippen molar-refractivity contribution in [1.29, 1.82) is 0 Å². The van der Waals surface area contributed by atoms with Gasteiger partial charge in [-0.05, 0) is 56.3 Å². The fourth-order valence-corrected chi connectivity index (χ4v) is 3.24. The van der Waals surface area contributed by atoms with Crippen molar-refractivity contribution in [2.45, 2.75) is 38.1 Å². The molecule has 1 aromatic carbocycles. The summed E-state index contributed by atoms with van der Waals surface area (Å²) in [5.41, 5.74) is 2.55. The summed E-state index contributed by atoms with van der Waals surface area (Å²) < 4.78 is 0. The van der Waals surface area contributed by atoms with E-state index in [0.29, 0.717) is 5.92 Å². The lowest BCUT2D eigenvalue weighted by molar-refractivity contribution is -0.124. The molecule has 0 aromatic heterocycles. The van der Waals surface area contributed by atoms with Crippen LogP contribution in [0.3, 0.4) is 0 Å². The number of rotatable bonds is 3. The number of carbonyl (C=O) groups is 1. The number of hydrogen-bond donors (Lipinski definition) is 2. The molecule has 1 aliphatic heterocycles. The SMILES string of the molecule is CC(NC(=O)C1Cc2ccccc21)C1CCCNC1.Cl. The van der Waals surface area contributed by atoms with Crippen LogP contribution in [-0.4, -0.2) is 25.0 Å². The molecule has 1 aliphatic carbocycles. The van der Waals surface area contributed by atoms with E-state index in [9.17, 15) is 4.79 Å². The zero-order valence-electron chi connectivity index (χ0n) is 11.9. The minimum atomic E-state index is 0. The maximum Gasteiger partial charge on any atom is 0.228 e. The molecule has 3 nitrogen and oxygen atoms in total. The van der Waals surface area contributed by atoms with Crippen molar-refractivity contribution >= 4 is 18.3 Å². The Bertz CT molecular complexity index is 471.